The van der Waals surface area contributed by atoms with E-state index in [9.17, 15) is 29.1 Å². The van der Waals surface area contributed by atoms with Crippen LogP contribution in [0.5, 0.6) is 0 Å². The lowest BCUT2D eigenvalue weighted by atomic mass is 9.85. The molecule has 2 amide bonds. The first-order chi connectivity index (χ1) is 13.7. The van der Waals surface area contributed by atoms with Crippen LogP contribution in [0.4, 0.5) is 10.1 Å². The molecule has 2 aromatic carbocycles. The number of anilines is 1. The lowest BCUT2D eigenvalue weighted by Gasteiger charge is -2.30. The number of carbonyl (C=O) groups is 3. The Bertz CT molecular complexity index is 1100. The SMILES string of the molecule is Cc1c(C(N)=O)ccc(N2C=C(C(=O)O)C(c3ccc(F)cc3)CC2=O)c1C#N. The third kappa shape index (κ3) is 3.58. The van der Waals surface area contributed by atoms with E-state index >= 15 is 0 Å². The highest BCUT2D eigenvalue weighted by molar-refractivity contribution is 6.04. The average molecular weight is 393 g/mol. The number of nitrogens with two attached hydrogens (primary N) is 1. The number of carboxylic acid groups (broad SMARTS) is 1. The number of benzene rings is 2. The molecule has 1 aliphatic rings. The van der Waals surface area contributed by atoms with Crippen molar-refractivity contribution >= 4 is 23.5 Å². The van der Waals surface area contributed by atoms with Gasteiger partial charge in [-0.3, -0.25) is 14.5 Å². The maximum Gasteiger partial charge on any atom is 0.333 e. The monoisotopic (exact) mass is 393 g/mol. The van der Waals surface area contributed by atoms with E-state index in [0.717, 1.165) is 4.90 Å². The molecule has 7 nitrogen and oxygen atoms in total. The number of primary amides is 1. The number of amides is 2. The van der Waals surface area contributed by atoms with Gasteiger partial charge in [0.25, 0.3) is 0 Å². The quantitative estimate of drug-likeness (QED) is 0.826. The minimum absolute atomic E-state index is 0.0517. The fraction of sp³-hybridized carbons (Fsp3) is 0.143. The molecule has 0 saturated carbocycles. The third-order valence-corrected chi connectivity index (χ3v) is 4.89. The van der Waals surface area contributed by atoms with Crippen molar-refractivity contribution in [1.82, 2.24) is 0 Å². The Balaban J connectivity index is 2.13. The van der Waals surface area contributed by atoms with Crippen molar-refractivity contribution in [3.63, 3.8) is 0 Å². The van der Waals surface area contributed by atoms with E-state index < -0.39 is 29.5 Å². The van der Waals surface area contributed by atoms with Gasteiger partial charge in [-0.2, -0.15) is 5.26 Å². The van der Waals surface area contributed by atoms with Gasteiger partial charge in [-0.1, -0.05) is 12.1 Å². The molecule has 29 heavy (non-hydrogen) atoms. The summed E-state index contributed by atoms with van der Waals surface area (Å²) in [5, 5.41) is 19.2. The molecule has 3 N–H and O–H groups in total. The zero-order valence-electron chi connectivity index (χ0n) is 15.3. The second-order valence-electron chi connectivity index (χ2n) is 6.57. The zero-order chi connectivity index (χ0) is 21.3. The first-order valence-corrected chi connectivity index (χ1v) is 8.60. The Morgan fingerprint density at radius 3 is 2.45 bits per heavy atom. The Labute approximate surface area is 165 Å². The number of aliphatic carboxylic acids is 1. The third-order valence-electron chi connectivity index (χ3n) is 4.89. The number of hydrogen-bond donors (Lipinski definition) is 2. The number of carboxylic acids is 1. The summed E-state index contributed by atoms with van der Waals surface area (Å²) < 4.78 is 13.2. The smallest absolute Gasteiger partial charge is 0.333 e. The van der Waals surface area contributed by atoms with Crippen LogP contribution >= 0.6 is 0 Å². The van der Waals surface area contributed by atoms with Gasteiger partial charge in [0.15, 0.2) is 0 Å². The summed E-state index contributed by atoms with van der Waals surface area (Å²) in [5.74, 6) is -3.61. The molecule has 2 aromatic rings. The van der Waals surface area contributed by atoms with Crippen molar-refractivity contribution in [2.24, 2.45) is 5.73 Å². The highest BCUT2D eigenvalue weighted by atomic mass is 19.1. The molecule has 0 bridgehead atoms. The molecular formula is C21H16FN3O4. The first-order valence-electron chi connectivity index (χ1n) is 8.60. The summed E-state index contributed by atoms with van der Waals surface area (Å²) in [4.78, 5) is 37.3. The molecule has 8 heteroatoms. The van der Waals surface area contributed by atoms with E-state index in [1.807, 2.05) is 6.07 Å². The number of nitriles is 1. The Morgan fingerprint density at radius 2 is 1.90 bits per heavy atom. The molecule has 0 saturated heterocycles. The fourth-order valence-corrected chi connectivity index (χ4v) is 3.39. The van der Waals surface area contributed by atoms with E-state index in [1.54, 1.807) is 0 Å². The van der Waals surface area contributed by atoms with Gasteiger partial charge in [0.1, 0.15) is 11.9 Å². The van der Waals surface area contributed by atoms with Gasteiger partial charge >= 0.3 is 5.97 Å². The molecule has 0 aliphatic carbocycles. The summed E-state index contributed by atoms with van der Waals surface area (Å²) in [6.07, 6.45) is 0.993. The predicted octanol–water partition coefficient (Wildman–Crippen LogP) is 2.59. The van der Waals surface area contributed by atoms with Crippen molar-refractivity contribution in [2.45, 2.75) is 19.3 Å². The standard InChI is InChI=1S/C21H16FN3O4/c1-11-14(20(24)27)6-7-18(16(11)9-23)25-10-17(21(28)29)15(8-19(25)26)12-2-4-13(22)5-3-12/h2-7,10,15H,8H2,1H3,(H2,24,27)(H,28,29). The van der Waals surface area contributed by atoms with Crippen LogP contribution in [0.25, 0.3) is 0 Å². The first kappa shape index (κ1) is 19.8. The number of carbonyl (C=O) groups excluding carboxylic acids is 2. The number of halogens is 1. The molecule has 1 heterocycles. The maximum atomic E-state index is 13.2. The van der Waals surface area contributed by atoms with Crippen molar-refractivity contribution < 1.29 is 23.9 Å². The number of rotatable bonds is 4. The van der Waals surface area contributed by atoms with Gasteiger partial charge < -0.3 is 10.8 Å². The van der Waals surface area contributed by atoms with Crippen LogP contribution in [0.1, 0.15) is 39.4 Å². The van der Waals surface area contributed by atoms with Gasteiger partial charge in [0.05, 0.1) is 16.8 Å². The highest BCUT2D eigenvalue weighted by Gasteiger charge is 2.34. The van der Waals surface area contributed by atoms with Gasteiger partial charge in [-0.05, 0) is 42.3 Å². The summed E-state index contributed by atoms with van der Waals surface area (Å²) >= 11 is 0. The van der Waals surface area contributed by atoms with Crippen molar-refractivity contribution in [1.29, 1.82) is 5.26 Å². The number of nitrogens with zero attached hydrogens (tertiary/aromatic N) is 2. The lowest BCUT2D eigenvalue weighted by Crippen LogP contribution is -2.35. The second-order valence-corrected chi connectivity index (χ2v) is 6.57. The van der Waals surface area contributed by atoms with E-state index in [4.69, 9.17) is 5.73 Å². The van der Waals surface area contributed by atoms with Gasteiger partial charge in [-0.15, -0.1) is 0 Å². The van der Waals surface area contributed by atoms with Crippen molar-refractivity contribution in [3.05, 3.63) is 76.2 Å². The molecule has 0 radical (unpaired) electrons. The molecule has 3 rings (SSSR count). The van der Waals surface area contributed by atoms with Crippen molar-refractivity contribution in [3.8, 4) is 6.07 Å². The molecule has 1 aliphatic heterocycles. The molecule has 0 spiro atoms. The molecule has 1 unspecified atom stereocenters. The van der Waals surface area contributed by atoms with Crippen LogP contribution in [0.3, 0.4) is 0 Å². The Morgan fingerprint density at radius 1 is 1.24 bits per heavy atom. The van der Waals surface area contributed by atoms with Crippen molar-refractivity contribution in [2.75, 3.05) is 4.90 Å². The van der Waals surface area contributed by atoms with E-state index in [0.29, 0.717) is 11.1 Å². The summed E-state index contributed by atoms with van der Waals surface area (Å²) in [6.45, 7) is 1.53. The normalized spacial score (nSPS) is 16.2. The maximum absolute atomic E-state index is 13.2. The summed E-state index contributed by atoms with van der Waals surface area (Å²) in [5.41, 5.74) is 6.38. The van der Waals surface area contributed by atoms with Crippen LogP contribution in [0.2, 0.25) is 0 Å². The highest BCUT2D eigenvalue weighted by Crippen LogP contribution is 2.36. The van der Waals surface area contributed by atoms with Crippen LogP contribution in [0, 0.1) is 24.1 Å². The molecule has 0 aromatic heterocycles. The zero-order valence-corrected chi connectivity index (χ0v) is 15.3. The Hall–Kier alpha value is -3.99. The van der Waals surface area contributed by atoms with Crippen LogP contribution in [0.15, 0.2) is 48.2 Å². The summed E-state index contributed by atoms with van der Waals surface area (Å²) in [6, 6.07) is 10.0. The van der Waals surface area contributed by atoms with Crippen LogP contribution in [-0.4, -0.2) is 22.9 Å². The fourth-order valence-electron chi connectivity index (χ4n) is 3.39. The van der Waals surface area contributed by atoms with E-state index in [2.05, 4.69) is 0 Å². The van der Waals surface area contributed by atoms with E-state index in [1.165, 1.54) is 49.5 Å². The molecule has 0 fully saturated rings. The largest absolute Gasteiger partial charge is 0.478 e. The minimum Gasteiger partial charge on any atom is -0.478 e. The molecule has 1 atom stereocenters. The Kier molecular flexibility index (Phi) is 5.15. The van der Waals surface area contributed by atoms with E-state index in [-0.39, 0.29) is 28.8 Å². The van der Waals surface area contributed by atoms with Gasteiger partial charge in [0, 0.05) is 24.1 Å². The average Bonchev–Trinajstić information content (AvgIpc) is 2.67. The minimum atomic E-state index is -1.24. The topological polar surface area (TPSA) is 124 Å². The second kappa shape index (κ2) is 7.56. The molecular weight excluding hydrogens is 377 g/mol. The van der Waals surface area contributed by atoms with Crippen LogP contribution in [-0.2, 0) is 9.59 Å². The van der Waals surface area contributed by atoms with Gasteiger partial charge in [-0.25, -0.2) is 9.18 Å². The van der Waals surface area contributed by atoms with Gasteiger partial charge in [0.2, 0.25) is 11.8 Å². The predicted molar refractivity (Wildman–Crippen MR) is 101 cm³/mol. The number of hydrogen-bond acceptors (Lipinski definition) is 4. The molecule has 146 valence electrons. The van der Waals surface area contributed by atoms with Crippen LogP contribution < -0.4 is 10.6 Å². The lowest BCUT2D eigenvalue weighted by molar-refractivity contribution is -0.133. The summed E-state index contributed by atoms with van der Waals surface area (Å²) in [7, 11) is 0.